The molecule has 2 unspecified atom stereocenters. The lowest BCUT2D eigenvalue weighted by atomic mass is 10.0. The topological polar surface area (TPSA) is 91.7 Å². The second-order valence-electron chi connectivity index (χ2n) is 10.1. The number of nitrogens with zero attached hydrogens (tertiary/aromatic N) is 3. The number of carbonyl (C=O) groups excluding carboxylic acids is 2. The van der Waals surface area contributed by atoms with Crippen LogP contribution in [0.3, 0.4) is 0 Å². The van der Waals surface area contributed by atoms with E-state index in [1.54, 1.807) is 24.8 Å². The van der Waals surface area contributed by atoms with Gasteiger partial charge in [-0.3, -0.25) is 9.59 Å². The second kappa shape index (κ2) is 11.2. The number of piperazine rings is 1. The molecular weight excluding hydrogens is 507 g/mol. The zero-order valence-electron chi connectivity index (χ0n) is 22.2. The highest BCUT2D eigenvalue weighted by molar-refractivity contribution is 7.90. The summed E-state index contributed by atoms with van der Waals surface area (Å²) in [6, 6.07) is 15.6. The molecule has 204 valence electrons. The Morgan fingerprint density at radius 1 is 0.921 bits per heavy atom. The largest absolute Gasteiger partial charge is 0.337 e. The molecule has 0 spiro atoms. The molecule has 2 aromatic carbocycles. The smallest absolute Gasteiger partial charge is 0.256 e. The zero-order valence-corrected chi connectivity index (χ0v) is 23.0. The molecule has 2 atom stereocenters. The normalized spacial score (nSPS) is 16.2. The summed E-state index contributed by atoms with van der Waals surface area (Å²) in [5.41, 5.74) is 3.52. The number of sulfonamides is 1. The summed E-state index contributed by atoms with van der Waals surface area (Å²) in [7, 11) is -3.31. The summed E-state index contributed by atoms with van der Waals surface area (Å²) in [5, 5.41) is 0.457. The molecule has 2 heterocycles. The maximum atomic E-state index is 13.3. The summed E-state index contributed by atoms with van der Waals surface area (Å²) in [5.74, 6) is -0.613. The molecule has 1 saturated heterocycles. The number of aromatic nitrogens is 1. The predicted molar refractivity (Wildman–Crippen MR) is 147 cm³/mol. The molecule has 0 saturated carbocycles. The first-order valence-corrected chi connectivity index (χ1v) is 14.4. The van der Waals surface area contributed by atoms with E-state index in [0.717, 1.165) is 22.2 Å². The number of alkyl halides is 1. The van der Waals surface area contributed by atoms with Crippen LogP contribution in [0.25, 0.3) is 16.6 Å². The Balaban J connectivity index is 1.43. The van der Waals surface area contributed by atoms with E-state index in [1.165, 1.54) is 11.8 Å². The maximum absolute atomic E-state index is 13.3. The van der Waals surface area contributed by atoms with Gasteiger partial charge in [-0.15, -0.1) is 0 Å². The van der Waals surface area contributed by atoms with Crippen LogP contribution in [-0.4, -0.2) is 78.7 Å². The van der Waals surface area contributed by atoms with Crippen molar-refractivity contribution >= 4 is 32.7 Å². The monoisotopic (exact) mass is 542 g/mol. The van der Waals surface area contributed by atoms with Gasteiger partial charge in [-0.1, -0.05) is 19.1 Å². The van der Waals surface area contributed by atoms with Gasteiger partial charge < -0.3 is 14.4 Å². The molecule has 1 aromatic heterocycles. The van der Waals surface area contributed by atoms with E-state index < -0.39 is 27.4 Å². The first-order valence-electron chi connectivity index (χ1n) is 12.9. The van der Waals surface area contributed by atoms with Gasteiger partial charge in [0, 0.05) is 55.6 Å². The lowest BCUT2D eigenvalue weighted by Gasteiger charge is -2.35. The number of hydrogen-bond acceptors (Lipinski definition) is 4. The van der Waals surface area contributed by atoms with Crippen molar-refractivity contribution in [1.82, 2.24) is 19.1 Å². The molecule has 38 heavy (non-hydrogen) atoms. The Bertz CT molecular complexity index is 1410. The van der Waals surface area contributed by atoms with Crippen molar-refractivity contribution in [2.75, 3.05) is 32.7 Å². The van der Waals surface area contributed by atoms with Crippen LogP contribution in [0.5, 0.6) is 0 Å². The molecule has 0 bridgehead atoms. The number of amides is 2. The Labute approximate surface area is 223 Å². The van der Waals surface area contributed by atoms with Gasteiger partial charge in [0.25, 0.3) is 11.8 Å². The van der Waals surface area contributed by atoms with E-state index in [0.29, 0.717) is 38.3 Å². The second-order valence-corrected chi connectivity index (χ2v) is 12.4. The third-order valence-corrected chi connectivity index (χ3v) is 8.92. The van der Waals surface area contributed by atoms with Gasteiger partial charge in [-0.25, -0.2) is 17.5 Å². The van der Waals surface area contributed by atoms with Crippen LogP contribution < -0.4 is 4.72 Å². The molecule has 1 aliphatic rings. The molecule has 10 heteroatoms. The lowest BCUT2D eigenvalue weighted by molar-refractivity contribution is -0.137. The van der Waals surface area contributed by atoms with Gasteiger partial charge in [0.05, 0.1) is 10.8 Å². The summed E-state index contributed by atoms with van der Waals surface area (Å²) < 4.78 is 42.1. The summed E-state index contributed by atoms with van der Waals surface area (Å²) in [6.07, 6.45) is 0.422. The van der Waals surface area contributed by atoms with Gasteiger partial charge in [-0.05, 0) is 68.7 Å². The highest BCUT2D eigenvalue weighted by Gasteiger charge is 2.27. The number of benzene rings is 2. The number of hydrogen-bond donors (Lipinski definition) is 1. The van der Waals surface area contributed by atoms with Gasteiger partial charge in [-0.2, -0.15) is 0 Å². The molecule has 2 amide bonds. The van der Waals surface area contributed by atoms with E-state index in [4.69, 9.17) is 0 Å². The highest BCUT2D eigenvalue weighted by Crippen LogP contribution is 2.24. The van der Waals surface area contributed by atoms with Crippen molar-refractivity contribution in [2.45, 2.75) is 45.0 Å². The maximum Gasteiger partial charge on any atom is 0.256 e. The minimum atomic E-state index is -3.31. The zero-order chi connectivity index (χ0) is 27.6. The van der Waals surface area contributed by atoms with Crippen molar-refractivity contribution in [3.05, 3.63) is 65.9 Å². The van der Waals surface area contributed by atoms with E-state index in [9.17, 15) is 22.4 Å². The van der Waals surface area contributed by atoms with Crippen LogP contribution in [-0.2, 0) is 14.8 Å². The number of rotatable bonds is 8. The minimum Gasteiger partial charge on any atom is -0.337 e. The molecule has 4 rings (SSSR count). The SMILES string of the molecule is CC(F)C(=O)N1CCN(C(=O)c2ccc3c(ccn3-c3ccc(C(C)CNS(=O)(=O)C(C)C)cc3)c2)CC1. The fourth-order valence-electron chi connectivity index (χ4n) is 4.55. The Hall–Kier alpha value is -3.24. The fraction of sp³-hybridized carbons (Fsp3) is 0.429. The van der Waals surface area contributed by atoms with Crippen molar-refractivity contribution < 1.29 is 22.4 Å². The average Bonchev–Trinajstić information content (AvgIpc) is 3.34. The average molecular weight is 543 g/mol. The number of fused-ring (bicyclic) bond motifs is 1. The minimum absolute atomic E-state index is 0.0212. The number of carbonyl (C=O) groups is 2. The van der Waals surface area contributed by atoms with Gasteiger partial charge in [0.1, 0.15) is 0 Å². The Morgan fingerprint density at radius 3 is 2.16 bits per heavy atom. The van der Waals surface area contributed by atoms with E-state index in [2.05, 4.69) is 4.72 Å². The van der Waals surface area contributed by atoms with E-state index in [-0.39, 0.29) is 11.8 Å². The molecular formula is C28H35FN4O4S. The van der Waals surface area contributed by atoms with Crippen molar-refractivity contribution in [2.24, 2.45) is 0 Å². The van der Waals surface area contributed by atoms with Gasteiger partial charge in [0.2, 0.25) is 10.0 Å². The van der Waals surface area contributed by atoms with Crippen LogP contribution in [0.15, 0.2) is 54.7 Å². The highest BCUT2D eigenvalue weighted by atomic mass is 32.2. The third-order valence-electron chi connectivity index (χ3n) is 7.11. The Kier molecular flexibility index (Phi) is 8.22. The van der Waals surface area contributed by atoms with Crippen molar-refractivity contribution in [1.29, 1.82) is 0 Å². The van der Waals surface area contributed by atoms with Crippen LogP contribution >= 0.6 is 0 Å². The summed E-state index contributed by atoms with van der Waals surface area (Å²) in [4.78, 5) is 28.1. The molecule has 1 aliphatic heterocycles. The predicted octanol–water partition coefficient (Wildman–Crippen LogP) is 3.70. The van der Waals surface area contributed by atoms with Gasteiger partial charge in [0.15, 0.2) is 6.17 Å². The third kappa shape index (κ3) is 5.91. The molecule has 3 aromatic rings. The molecule has 8 nitrogen and oxygen atoms in total. The first-order chi connectivity index (χ1) is 18.0. The lowest BCUT2D eigenvalue weighted by Crippen LogP contribution is -2.52. The quantitative estimate of drug-likeness (QED) is 0.470. The van der Waals surface area contributed by atoms with Crippen LogP contribution in [0.1, 0.15) is 49.5 Å². The molecule has 1 fully saturated rings. The molecule has 1 N–H and O–H groups in total. The Morgan fingerprint density at radius 2 is 1.55 bits per heavy atom. The van der Waals surface area contributed by atoms with Gasteiger partial charge >= 0.3 is 0 Å². The van der Waals surface area contributed by atoms with E-state index >= 15 is 0 Å². The number of halogens is 1. The van der Waals surface area contributed by atoms with Crippen molar-refractivity contribution in [3.8, 4) is 5.69 Å². The van der Waals surface area contributed by atoms with Crippen LogP contribution in [0, 0.1) is 0 Å². The molecule has 0 aliphatic carbocycles. The van der Waals surface area contributed by atoms with Crippen LogP contribution in [0.4, 0.5) is 4.39 Å². The standard InChI is InChI=1S/C28H35FN4O4S/c1-19(2)38(36,37)30-18-20(3)22-5-8-25(9-6-22)33-12-11-23-17-24(7-10-26(23)33)28(35)32-15-13-31(14-16-32)27(34)21(4)29/h5-12,17,19-21,30H,13-16,18H2,1-4H3. The summed E-state index contributed by atoms with van der Waals surface area (Å²) >= 11 is 0. The van der Waals surface area contributed by atoms with E-state index in [1.807, 2.05) is 60.2 Å². The first kappa shape index (κ1) is 27.8. The van der Waals surface area contributed by atoms with Crippen LogP contribution in [0.2, 0.25) is 0 Å². The fourth-order valence-corrected chi connectivity index (χ4v) is 5.37. The summed E-state index contributed by atoms with van der Waals surface area (Å²) in [6.45, 7) is 8.28. The molecule has 0 radical (unpaired) electrons. The van der Waals surface area contributed by atoms with Crippen molar-refractivity contribution in [3.63, 3.8) is 0 Å². The number of nitrogens with one attached hydrogen (secondary N) is 1.